The zero-order valence-electron chi connectivity index (χ0n) is 11.4. The first-order valence-electron chi connectivity index (χ1n) is 6.64. The van der Waals surface area contributed by atoms with Crippen LogP contribution in [0.2, 0.25) is 5.02 Å². The highest BCUT2D eigenvalue weighted by atomic mass is 79.9. The van der Waals surface area contributed by atoms with Crippen LogP contribution in [0.15, 0.2) is 51.4 Å². The highest BCUT2D eigenvalue weighted by molar-refractivity contribution is 9.10. The lowest BCUT2D eigenvalue weighted by Crippen LogP contribution is -2.19. The van der Waals surface area contributed by atoms with E-state index >= 15 is 0 Å². The van der Waals surface area contributed by atoms with E-state index in [1.165, 1.54) is 0 Å². The van der Waals surface area contributed by atoms with Crippen LogP contribution in [0.3, 0.4) is 0 Å². The number of hydrogen-bond donors (Lipinski definition) is 1. The number of nitrogens with one attached hydrogen (secondary N) is 1. The molecule has 3 rings (SSSR count). The van der Waals surface area contributed by atoms with E-state index in [1.54, 1.807) is 0 Å². The maximum absolute atomic E-state index is 6.00. The minimum absolute atomic E-state index is 0.102. The summed E-state index contributed by atoms with van der Waals surface area (Å²) in [7, 11) is 1.92. The summed E-state index contributed by atoms with van der Waals surface area (Å²) in [6.07, 6.45) is 0.672. The van der Waals surface area contributed by atoms with E-state index in [1.807, 2.05) is 49.5 Å². The number of likely N-dealkylation sites (N-methyl/N-ethyl adjacent to an activating group) is 1. The van der Waals surface area contributed by atoms with Crippen LogP contribution < -0.4 is 5.32 Å². The molecule has 0 aliphatic carbocycles. The molecule has 0 bridgehead atoms. The van der Waals surface area contributed by atoms with Gasteiger partial charge < -0.3 is 9.73 Å². The molecule has 0 amide bonds. The Balaban J connectivity index is 1.90. The maximum atomic E-state index is 6.00. The van der Waals surface area contributed by atoms with Gasteiger partial charge in [0.15, 0.2) is 11.5 Å². The van der Waals surface area contributed by atoms with Crippen molar-refractivity contribution in [2.45, 2.75) is 12.5 Å². The third-order valence-electron chi connectivity index (χ3n) is 3.40. The number of fused-ring (bicyclic) bond motifs is 1. The van der Waals surface area contributed by atoms with Crippen LogP contribution in [-0.4, -0.2) is 12.0 Å². The number of aromatic nitrogens is 1. The standard InChI is InChI=1S/C16H14BrClN2O/c1-19-14(11-7-6-10(18)8-12(11)17)9-16-20-13-4-2-3-5-15(13)21-16/h2-8,14,19H,9H2,1H3. The quantitative estimate of drug-likeness (QED) is 0.725. The van der Waals surface area contributed by atoms with Crippen molar-refractivity contribution in [1.82, 2.24) is 10.3 Å². The van der Waals surface area contributed by atoms with Gasteiger partial charge in [-0.05, 0) is 36.9 Å². The van der Waals surface area contributed by atoms with Crippen LogP contribution >= 0.6 is 27.5 Å². The van der Waals surface area contributed by atoms with E-state index in [2.05, 4.69) is 26.2 Å². The van der Waals surface area contributed by atoms with E-state index in [-0.39, 0.29) is 6.04 Å². The summed E-state index contributed by atoms with van der Waals surface area (Å²) in [4.78, 5) is 4.53. The van der Waals surface area contributed by atoms with Gasteiger partial charge in [0.2, 0.25) is 0 Å². The number of benzene rings is 2. The molecular weight excluding hydrogens is 352 g/mol. The molecule has 0 radical (unpaired) electrons. The van der Waals surface area contributed by atoms with Gasteiger partial charge in [0, 0.05) is 22.0 Å². The molecule has 1 heterocycles. The lowest BCUT2D eigenvalue weighted by Gasteiger charge is -2.16. The van der Waals surface area contributed by atoms with Gasteiger partial charge in [0.1, 0.15) is 5.52 Å². The second kappa shape index (κ2) is 6.18. The number of oxazole rings is 1. The summed E-state index contributed by atoms with van der Waals surface area (Å²) in [5.41, 5.74) is 2.83. The van der Waals surface area contributed by atoms with Gasteiger partial charge in [-0.1, -0.05) is 45.7 Å². The van der Waals surface area contributed by atoms with E-state index in [0.717, 1.165) is 27.0 Å². The van der Waals surface area contributed by atoms with Gasteiger partial charge >= 0.3 is 0 Å². The molecule has 21 heavy (non-hydrogen) atoms. The molecule has 0 aliphatic rings. The van der Waals surface area contributed by atoms with Crippen molar-refractivity contribution >= 4 is 38.6 Å². The second-order valence-electron chi connectivity index (χ2n) is 4.79. The highest BCUT2D eigenvalue weighted by Gasteiger charge is 2.17. The number of halogens is 2. The molecule has 108 valence electrons. The summed E-state index contributed by atoms with van der Waals surface area (Å²) in [5, 5.41) is 4.01. The highest BCUT2D eigenvalue weighted by Crippen LogP contribution is 2.29. The second-order valence-corrected chi connectivity index (χ2v) is 6.08. The van der Waals surface area contributed by atoms with Crippen LogP contribution in [-0.2, 0) is 6.42 Å². The monoisotopic (exact) mass is 364 g/mol. The molecule has 0 saturated carbocycles. The molecule has 3 nitrogen and oxygen atoms in total. The van der Waals surface area contributed by atoms with Gasteiger partial charge in [-0.3, -0.25) is 0 Å². The van der Waals surface area contributed by atoms with Crippen LogP contribution in [0.5, 0.6) is 0 Å². The van der Waals surface area contributed by atoms with Crippen molar-refractivity contribution in [3.63, 3.8) is 0 Å². The number of nitrogens with zero attached hydrogens (tertiary/aromatic N) is 1. The first-order chi connectivity index (χ1) is 10.2. The minimum atomic E-state index is 0.102. The van der Waals surface area contributed by atoms with E-state index in [4.69, 9.17) is 16.0 Å². The summed E-state index contributed by atoms with van der Waals surface area (Å²) >= 11 is 9.56. The number of para-hydroxylation sites is 2. The molecule has 0 aliphatic heterocycles. The average molecular weight is 366 g/mol. The fourth-order valence-electron chi connectivity index (χ4n) is 2.33. The van der Waals surface area contributed by atoms with Gasteiger partial charge in [0.25, 0.3) is 0 Å². The number of hydrogen-bond acceptors (Lipinski definition) is 3. The van der Waals surface area contributed by atoms with Crippen molar-refractivity contribution in [3.05, 3.63) is 63.4 Å². The zero-order valence-corrected chi connectivity index (χ0v) is 13.8. The molecule has 5 heteroatoms. The van der Waals surface area contributed by atoms with Crippen molar-refractivity contribution < 1.29 is 4.42 Å². The Bertz CT molecular complexity index is 739. The third-order valence-corrected chi connectivity index (χ3v) is 4.33. The number of rotatable bonds is 4. The molecule has 1 aromatic heterocycles. The van der Waals surface area contributed by atoms with Crippen molar-refractivity contribution in [2.75, 3.05) is 7.05 Å². The van der Waals surface area contributed by atoms with Gasteiger partial charge in [-0.15, -0.1) is 0 Å². The van der Waals surface area contributed by atoms with E-state index in [9.17, 15) is 0 Å². The molecule has 1 unspecified atom stereocenters. The SMILES string of the molecule is CNC(Cc1nc2ccccc2o1)c1ccc(Cl)cc1Br. The molecule has 0 fully saturated rings. The van der Waals surface area contributed by atoms with Crippen LogP contribution in [0.4, 0.5) is 0 Å². The first-order valence-corrected chi connectivity index (χ1v) is 7.81. The summed E-state index contributed by atoms with van der Waals surface area (Å²) in [6, 6.07) is 13.7. The summed E-state index contributed by atoms with van der Waals surface area (Å²) in [5.74, 6) is 0.720. The third kappa shape index (κ3) is 3.12. The van der Waals surface area contributed by atoms with E-state index < -0.39 is 0 Å². The fourth-order valence-corrected chi connectivity index (χ4v) is 3.29. The van der Waals surface area contributed by atoms with Crippen molar-refractivity contribution in [2.24, 2.45) is 0 Å². The Kier molecular flexibility index (Phi) is 4.29. The summed E-state index contributed by atoms with van der Waals surface area (Å²) in [6.45, 7) is 0. The normalized spacial score (nSPS) is 12.7. The molecule has 1 atom stereocenters. The smallest absolute Gasteiger partial charge is 0.197 e. The maximum Gasteiger partial charge on any atom is 0.197 e. The van der Waals surface area contributed by atoms with Crippen molar-refractivity contribution in [1.29, 1.82) is 0 Å². The molecular formula is C16H14BrClN2O. The average Bonchev–Trinajstić information content (AvgIpc) is 2.87. The first kappa shape index (κ1) is 14.6. The molecule has 1 N–H and O–H groups in total. The zero-order chi connectivity index (χ0) is 14.8. The molecule has 0 saturated heterocycles. The van der Waals surface area contributed by atoms with Crippen LogP contribution in [0, 0.1) is 0 Å². The molecule has 0 spiro atoms. The van der Waals surface area contributed by atoms with Gasteiger partial charge in [-0.25, -0.2) is 4.98 Å². The van der Waals surface area contributed by atoms with Gasteiger partial charge in [0.05, 0.1) is 0 Å². The lowest BCUT2D eigenvalue weighted by atomic mass is 10.0. The van der Waals surface area contributed by atoms with Crippen LogP contribution in [0.1, 0.15) is 17.5 Å². The molecule has 2 aromatic carbocycles. The Hall–Kier alpha value is -1.36. The Morgan fingerprint density at radius 2 is 2.10 bits per heavy atom. The molecule has 3 aromatic rings. The topological polar surface area (TPSA) is 38.1 Å². The van der Waals surface area contributed by atoms with Crippen LogP contribution in [0.25, 0.3) is 11.1 Å². The minimum Gasteiger partial charge on any atom is -0.441 e. The Labute approximate surface area is 136 Å². The fraction of sp³-hybridized carbons (Fsp3) is 0.188. The summed E-state index contributed by atoms with van der Waals surface area (Å²) < 4.78 is 6.77. The van der Waals surface area contributed by atoms with E-state index in [0.29, 0.717) is 11.4 Å². The largest absolute Gasteiger partial charge is 0.441 e. The Morgan fingerprint density at radius 1 is 1.29 bits per heavy atom. The Morgan fingerprint density at radius 3 is 2.81 bits per heavy atom. The predicted octanol–water partition coefficient (Wildman–Crippen LogP) is 4.75. The van der Waals surface area contributed by atoms with Crippen molar-refractivity contribution in [3.8, 4) is 0 Å². The lowest BCUT2D eigenvalue weighted by molar-refractivity contribution is 0.473. The van der Waals surface area contributed by atoms with Gasteiger partial charge in [-0.2, -0.15) is 0 Å². The predicted molar refractivity (Wildman–Crippen MR) is 88.7 cm³/mol.